The van der Waals surface area contributed by atoms with E-state index in [-0.39, 0.29) is 18.4 Å². The van der Waals surface area contributed by atoms with E-state index in [1.54, 1.807) is 36.1 Å². The number of hydrogen-bond acceptors (Lipinski definition) is 5. The molecule has 7 nitrogen and oxygen atoms in total. The average Bonchev–Trinajstić information content (AvgIpc) is 3.15. The van der Waals surface area contributed by atoms with E-state index < -0.39 is 0 Å². The van der Waals surface area contributed by atoms with Crippen LogP contribution in [-0.2, 0) is 11.4 Å². The number of aromatic nitrogens is 3. The van der Waals surface area contributed by atoms with Crippen molar-refractivity contribution in [1.29, 1.82) is 0 Å². The average molecular weight is 419 g/mol. The smallest absolute Gasteiger partial charge is 0.229 e. The van der Waals surface area contributed by atoms with Crippen LogP contribution in [0.5, 0.6) is 11.5 Å². The fourth-order valence-electron chi connectivity index (χ4n) is 3.07. The lowest BCUT2D eigenvalue weighted by Crippen LogP contribution is -2.29. The minimum absolute atomic E-state index is 0.136. The van der Waals surface area contributed by atoms with E-state index in [0.717, 1.165) is 11.1 Å². The Labute approximate surface area is 171 Å². The number of anilines is 1. The van der Waals surface area contributed by atoms with E-state index in [9.17, 15) is 4.79 Å². The van der Waals surface area contributed by atoms with Crippen molar-refractivity contribution in [1.82, 2.24) is 14.8 Å². The maximum Gasteiger partial charge on any atom is 0.229 e. The summed E-state index contributed by atoms with van der Waals surface area (Å²) in [5, 5.41) is 7.94. The van der Waals surface area contributed by atoms with Crippen molar-refractivity contribution in [2.75, 3.05) is 12.4 Å². The molecule has 9 heteroatoms. The normalized spacial score (nSPS) is 15.7. The molecule has 1 aliphatic heterocycles. The van der Waals surface area contributed by atoms with Gasteiger partial charge in [0.05, 0.1) is 24.6 Å². The lowest BCUT2D eigenvalue weighted by Gasteiger charge is -2.24. The molecule has 1 aromatic heterocycles. The van der Waals surface area contributed by atoms with Crippen LogP contribution >= 0.6 is 23.2 Å². The number of benzene rings is 2. The van der Waals surface area contributed by atoms with Crippen molar-refractivity contribution in [3.05, 3.63) is 63.9 Å². The number of carbonyl (C=O) groups excluding carboxylic acids is 1. The Morgan fingerprint density at radius 2 is 2.04 bits per heavy atom. The Morgan fingerprint density at radius 1 is 1.25 bits per heavy atom. The largest absolute Gasteiger partial charge is 0.493 e. The molecule has 0 saturated heterocycles. The van der Waals surface area contributed by atoms with E-state index >= 15 is 0 Å². The minimum Gasteiger partial charge on any atom is -0.493 e. The van der Waals surface area contributed by atoms with Crippen LogP contribution in [0.4, 0.5) is 5.95 Å². The number of hydrogen-bond donors (Lipinski definition) is 1. The fourth-order valence-corrected chi connectivity index (χ4v) is 3.47. The summed E-state index contributed by atoms with van der Waals surface area (Å²) in [6.45, 7) is 0.311. The van der Waals surface area contributed by atoms with Gasteiger partial charge in [-0.25, -0.2) is 4.68 Å². The highest BCUT2D eigenvalue weighted by Gasteiger charge is 2.29. The van der Waals surface area contributed by atoms with Crippen molar-refractivity contribution in [3.63, 3.8) is 0 Å². The SMILES string of the molecule is COc1cc([C@H]2CC(=O)Nc3ncnn32)cc(Cl)c1OCc1ccc(Cl)cc1. The predicted octanol–water partition coefficient (Wildman–Crippen LogP) is 4.10. The van der Waals surface area contributed by atoms with Gasteiger partial charge in [-0.3, -0.25) is 10.1 Å². The highest BCUT2D eigenvalue weighted by atomic mass is 35.5. The van der Waals surface area contributed by atoms with Gasteiger partial charge in [-0.1, -0.05) is 35.3 Å². The summed E-state index contributed by atoms with van der Waals surface area (Å²) in [7, 11) is 1.54. The summed E-state index contributed by atoms with van der Waals surface area (Å²) in [6, 6.07) is 10.6. The summed E-state index contributed by atoms with van der Waals surface area (Å²) >= 11 is 12.4. The third-order valence-corrected chi connectivity index (χ3v) is 4.96. The number of methoxy groups -OCH3 is 1. The lowest BCUT2D eigenvalue weighted by atomic mass is 10.0. The van der Waals surface area contributed by atoms with Gasteiger partial charge >= 0.3 is 0 Å². The molecule has 0 spiro atoms. The molecule has 0 aliphatic carbocycles. The molecule has 1 amide bonds. The first-order valence-corrected chi connectivity index (χ1v) is 9.25. The number of carbonyl (C=O) groups is 1. The maximum absolute atomic E-state index is 12.0. The van der Waals surface area contributed by atoms with E-state index in [0.29, 0.717) is 34.1 Å². The molecule has 0 unspecified atom stereocenters. The monoisotopic (exact) mass is 418 g/mol. The van der Waals surface area contributed by atoms with Gasteiger partial charge in [0, 0.05) is 5.02 Å². The zero-order valence-electron chi connectivity index (χ0n) is 14.9. The molecule has 4 rings (SSSR count). The first-order chi connectivity index (χ1) is 13.5. The van der Waals surface area contributed by atoms with Gasteiger partial charge in [-0.2, -0.15) is 10.1 Å². The number of rotatable bonds is 5. The number of nitrogens with zero attached hydrogens (tertiary/aromatic N) is 3. The van der Waals surface area contributed by atoms with E-state index in [4.69, 9.17) is 32.7 Å². The van der Waals surface area contributed by atoms with Gasteiger partial charge in [0.2, 0.25) is 11.9 Å². The zero-order valence-corrected chi connectivity index (χ0v) is 16.4. The Bertz CT molecular complexity index is 1020. The number of ether oxygens (including phenoxy) is 2. The van der Waals surface area contributed by atoms with Crippen LogP contribution in [0.3, 0.4) is 0 Å². The summed E-state index contributed by atoms with van der Waals surface area (Å²) in [5.74, 6) is 1.18. The van der Waals surface area contributed by atoms with Crippen LogP contribution in [0.1, 0.15) is 23.6 Å². The van der Waals surface area contributed by atoms with E-state index in [1.807, 2.05) is 12.1 Å². The Hall–Kier alpha value is -2.77. The third-order valence-electron chi connectivity index (χ3n) is 4.43. The van der Waals surface area contributed by atoms with Gasteiger partial charge in [-0.05, 0) is 35.4 Å². The van der Waals surface area contributed by atoms with Crippen molar-refractivity contribution < 1.29 is 14.3 Å². The zero-order chi connectivity index (χ0) is 19.7. The second-order valence-electron chi connectivity index (χ2n) is 6.25. The molecule has 0 bridgehead atoms. The molecule has 28 heavy (non-hydrogen) atoms. The summed E-state index contributed by atoms with van der Waals surface area (Å²) in [4.78, 5) is 16.1. The Morgan fingerprint density at radius 3 is 2.79 bits per heavy atom. The molecule has 1 aliphatic rings. The highest BCUT2D eigenvalue weighted by Crippen LogP contribution is 2.40. The third kappa shape index (κ3) is 3.63. The van der Waals surface area contributed by atoms with Gasteiger partial charge < -0.3 is 9.47 Å². The van der Waals surface area contributed by atoms with Crippen LogP contribution in [0, 0.1) is 0 Å². The first kappa shape index (κ1) is 18.6. The molecule has 144 valence electrons. The maximum atomic E-state index is 12.0. The van der Waals surface area contributed by atoms with Crippen molar-refractivity contribution in [3.8, 4) is 11.5 Å². The highest BCUT2D eigenvalue weighted by molar-refractivity contribution is 6.32. The van der Waals surface area contributed by atoms with Crippen LogP contribution in [0.25, 0.3) is 0 Å². The molecular formula is C19H16Cl2N4O3. The summed E-state index contributed by atoms with van der Waals surface area (Å²) in [5.41, 5.74) is 1.73. The fraction of sp³-hybridized carbons (Fsp3) is 0.211. The molecule has 1 atom stereocenters. The minimum atomic E-state index is -0.331. The number of halogens is 2. The van der Waals surface area contributed by atoms with Crippen molar-refractivity contribution in [2.45, 2.75) is 19.1 Å². The van der Waals surface area contributed by atoms with Crippen molar-refractivity contribution >= 4 is 35.1 Å². The number of nitrogens with one attached hydrogen (secondary N) is 1. The van der Waals surface area contributed by atoms with Crippen molar-refractivity contribution in [2.24, 2.45) is 0 Å². The molecular weight excluding hydrogens is 403 g/mol. The molecule has 0 saturated carbocycles. The molecule has 0 radical (unpaired) electrons. The van der Waals surface area contributed by atoms with E-state index in [1.165, 1.54) is 6.33 Å². The second kappa shape index (κ2) is 7.69. The van der Waals surface area contributed by atoms with Gasteiger partial charge in [0.25, 0.3) is 0 Å². The first-order valence-electron chi connectivity index (χ1n) is 8.49. The van der Waals surface area contributed by atoms with Gasteiger partial charge in [0.1, 0.15) is 12.9 Å². The molecule has 0 fully saturated rings. The van der Waals surface area contributed by atoms with Crippen LogP contribution in [0.2, 0.25) is 10.0 Å². The van der Waals surface area contributed by atoms with Crippen LogP contribution in [-0.4, -0.2) is 27.8 Å². The predicted molar refractivity (Wildman–Crippen MR) is 105 cm³/mol. The summed E-state index contributed by atoms with van der Waals surface area (Å²) in [6.07, 6.45) is 1.62. The standard InChI is InChI=1S/C19H16Cl2N4O3/c1-27-16-7-12(15-8-17(26)24-19-22-10-23-25(15)19)6-14(21)18(16)28-9-11-2-4-13(20)5-3-11/h2-7,10,15H,8-9H2,1H3,(H,22,23,24,26)/t15-/m1/s1. The molecule has 2 heterocycles. The molecule has 1 N–H and O–H groups in total. The van der Waals surface area contributed by atoms with E-state index in [2.05, 4.69) is 15.4 Å². The van der Waals surface area contributed by atoms with Crippen LogP contribution in [0.15, 0.2) is 42.7 Å². The number of amides is 1. The lowest BCUT2D eigenvalue weighted by molar-refractivity contribution is -0.117. The number of fused-ring (bicyclic) bond motifs is 1. The topological polar surface area (TPSA) is 78.3 Å². The van der Waals surface area contributed by atoms with Gasteiger partial charge in [0.15, 0.2) is 11.5 Å². The second-order valence-corrected chi connectivity index (χ2v) is 7.09. The van der Waals surface area contributed by atoms with Crippen LogP contribution < -0.4 is 14.8 Å². The quantitative estimate of drug-likeness (QED) is 0.674. The molecule has 2 aromatic carbocycles. The van der Waals surface area contributed by atoms with Gasteiger partial charge in [-0.15, -0.1) is 0 Å². The Kier molecular flexibility index (Phi) is 5.11. The molecule has 3 aromatic rings. The summed E-state index contributed by atoms with van der Waals surface area (Å²) < 4.78 is 13.0. The Balaban J connectivity index is 1.63.